The van der Waals surface area contributed by atoms with E-state index in [9.17, 15) is 19.7 Å². The van der Waals surface area contributed by atoms with Crippen LogP contribution in [-0.2, 0) is 15.3 Å². The van der Waals surface area contributed by atoms with Crippen LogP contribution < -0.4 is 4.74 Å². The van der Waals surface area contributed by atoms with E-state index in [-0.39, 0.29) is 22.2 Å². The van der Waals surface area contributed by atoms with Gasteiger partial charge in [-0.25, -0.2) is 4.99 Å². The Morgan fingerprint density at radius 1 is 1.29 bits per heavy atom. The molecular weight excluding hydrogens is 400 g/mol. The Labute approximate surface area is 169 Å². The minimum absolute atomic E-state index is 0.144. The van der Waals surface area contributed by atoms with Gasteiger partial charge >= 0.3 is 11.7 Å². The smallest absolute Gasteiger partial charge is 0.312 e. The van der Waals surface area contributed by atoms with Crippen LogP contribution in [0.3, 0.4) is 0 Å². The number of hydrogen-bond acceptors (Lipinski definition) is 8. The molecule has 9 heteroatoms. The van der Waals surface area contributed by atoms with Gasteiger partial charge < -0.3 is 4.74 Å². The molecule has 1 aliphatic heterocycles. The number of esters is 1. The number of ether oxygens (including phenoxy) is 1. The van der Waals surface area contributed by atoms with Crippen molar-refractivity contribution in [3.63, 3.8) is 0 Å². The zero-order valence-electron chi connectivity index (χ0n) is 14.7. The van der Waals surface area contributed by atoms with Crippen molar-refractivity contribution in [3.8, 4) is 5.75 Å². The molecule has 0 saturated heterocycles. The third kappa shape index (κ3) is 5.08. The number of carbonyl (C=O) groups excluding carboxylic acids is 2. The van der Waals surface area contributed by atoms with Gasteiger partial charge in [-0.2, -0.15) is 0 Å². The van der Waals surface area contributed by atoms with Crippen LogP contribution in [0.2, 0.25) is 0 Å². The van der Waals surface area contributed by atoms with Crippen LogP contribution in [0.4, 0.5) is 5.69 Å². The average molecular weight is 414 g/mol. The second-order valence-corrected chi connectivity index (χ2v) is 7.83. The standard InChI is InChI=1S/C19H14N2O5S2/c1-12(22)26-17-8-7-14(10-16(17)21(24)25)9-15-18(23)28-19(20-15)27-11-13-5-3-2-4-6-13/h2-10H,11H2,1H3/b15-9-. The summed E-state index contributed by atoms with van der Waals surface area (Å²) in [7, 11) is 0. The van der Waals surface area contributed by atoms with Crippen molar-refractivity contribution < 1.29 is 19.2 Å². The zero-order valence-corrected chi connectivity index (χ0v) is 16.3. The fourth-order valence-electron chi connectivity index (χ4n) is 2.34. The van der Waals surface area contributed by atoms with Crippen LogP contribution in [-0.4, -0.2) is 20.4 Å². The van der Waals surface area contributed by atoms with Gasteiger partial charge in [-0.15, -0.1) is 0 Å². The van der Waals surface area contributed by atoms with Crippen molar-refractivity contribution in [2.45, 2.75) is 12.7 Å². The first-order valence-corrected chi connectivity index (χ1v) is 9.89. The number of carbonyl (C=O) groups is 2. The summed E-state index contributed by atoms with van der Waals surface area (Å²) in [5, 5.41) is 11.0. The number of benzene rings is 2. The molecule has 0 fully saturated rings. The molecule has 0 spiro atoms. The van der Waals surface area contributed by atoms with Crippen LogP contribution in [0, 0.1) is 10.1 Å². The molecule has 0 atom stereocenters. The fraction of sp³-hybridized carbons (Fsp3) is 0.105. The molecule has 1 heterocycles. The molecule has 3 rings (SSSR count). The molecular formula is C19H14N2O5S2. The fourth-order valence-corrected chi connectivity index (χ4v) is 4.13. The van der Waals surface area contributed by atoms with E-state index < -0.39 is 10.9 Å². The van der Waals surface area contributed by atoms with Crippen molar-refractivity contribution in [1.82, 2.24) is 0 Å². The first-order chi connectivity index (χ1) is 13.4. The number of nitro groups is 1. The highest BCUT2D eigenvalue weighted by atomic mass is 32.2. The highest BCUT2D eigenvalue weighted by Gasteiger charge is 2.23. The van der Waals surface area contributed by atoms with Crippen LogP contribution in [0.15, 0.2) is 59.2 Å². The number of hydrogen-bond donors (Lipinski definition) is 0. The number of aliphatic imine (C=N–C) groups is 1. The van der Waals surface area contributed by atoms with E-state index in [1.165, 1.54) is 36.0 Å². The van der Waals surface area contributed by atoms with Gasteiger partial charge in [-0.05, 0) is 35.0 Å². The Morgan fingerprint density at radius 2 is 2.04 bits per heavy atom. The quantitative estimate of drug-likeness (QED) is 0.235. The molecule has 0 unspecified atom stereocenters. The van der Waals surface area contributed by atoms with Crippen molar-refractivity contribution in [1.29, 1.82) is 0 Å². The maximum atomic E-state index is 12.2. The minimum atomic E-state index is -0.652. The third-order valence-corrected chi connectivity index (χ3v) is 5.62. The van der Waals surface area contributed by atoms with Gasteiger partial charge in [0.15, 0.2) is 0 Å². The van der Waals surface area contributed by atoms with Crippen LogP contribution in [0.25, 0.3) is 6.08 Å². The number of nitro benzene ring substituents is 1. The van der Waals surface area contributed by atoms with Crippen molar-refractivity contribution in [3.05, 3.63) is 75.5 Å². The van der Waals surface area contributed by atoms with Gasteiger partial charge in [0.2, 0.25) is 10.9 Å². The normalized spacial score (nSPS) is 14.8. The van der Waals surface area contributed by atoms with E-state index in [4.69, 9.17) is 4.74 Å². The molecule has 2 aromatic rings. The predicted octanol–water partition coefficient (Wildman–Crippen LogP) is 4.42. The molecule has 0 aliphatic carbocycles. The lowest BCUT2D eigenvalue weighted by atomic mass is 10.1. The maximum absolute atomic E-state index is 12.2. The Morgan fingerprint density at radius 3 is 2.71 bits per heavy atom. The Balaban J connectivity index is 1.79. The molecule has 7 nitrogen and oxygen atoms in total. The van der Waals surface area contributed by atoms with Crippen LogP contribution >= 0.6 is 23.5 Å². The molecule has 2 aromatic carbocycles. The summed E-state index contributed by atoms with van der Waals surface area (Å²) in [6.07, 6.45) is 1.48. The van der Waals surface area contributed by atoms with E-state index in [0.717, 1.165) is 24.2 Å². The first kappa shape index (κ1) is 19.8. The predicted molar refractivity (Wildman–Crippen MR) is 110 cm³/mol. The molecule has 0 radical (unpaired) electrons. The van der Waals surface area contributed by atoms with Gasteiger partial charge in [-0.1, -0.05) is 48.2 Å². The van der Waals surface area contributed by atoms with Crippen molar-refractivity contribution in [2.24, 2.45) is 4.99 Å². The number of thioether (sulfide) groups is 2. The van der Waals surface area contributed by atoms with E-state index in [0.29, 0.717) is 15.7 Å². The van der Waals surface area contributed by atoms with E-state index >= 15 is 0 Å². The highest BCUT2D eigenvalue weighted by Crippen LogP contribution is 2.34. The lowest BCUT2D eigenvalue weighted by Gasteiger charge is -2.03. The summed E-state index contributed by atoms with van der Waals surface area (Å²) in [5.74, 6) is -0.105. The monoisotopic (exact) mass is 414 g/mol. The molecule has 0 amide bonds. The summed E-state index contributed by atoms with van der Waals surface area (Å²) >= 11 is 2.49. The van der Waals surface area contributed by atoms with Crippen molar-refractivity contribution in [2.75, 3.05) is 0 Å². The lowest BCUT2D eigenvalue weighted by molar-refractivity contribution is -0.385. The molecule has 0 aromatic heterocycles. The molecule has 0 saturated carbocycles. The SMILES string of the molecule is CC(=O)Oc1ccc(/C=C2\N=C(SCc3ccccc3)SC2=O)cc1[N+](=O)[O-]. The maximum Gasteiger partial charge on any atom is 0.312 e. The summed E-state index contributed by atoms with van der Waals surface area (Å²) < 4.78 is 5.47. The van der Waals surface area contributed by atoms with Gasteiger partial charge in [0.05, 0.1) is 4.92 Å². The molecule has 0 bridgehead atoms. The average Bonchev–Trinajstić information content (AvgIpc) is 3.01. The largest absolute Gasteiger partial charge is 0.419 e. The van der Waals surface area contributed by atoms with E-state index in [1.807, 2.05) is 30.3 Å². The number of nitrogens with zero attached hydrogens (tertiary/aromatic N) is 2. The summed E-state index contributed by atoms with van der Waals surface area (Å²) in [4.78, 5) is 38.2. The van der Waals surface area contributed by atoms with Crippen LogP contribution in [0.5, 0.6) is 5.75 Å². The van der Waals surface area contributed by atoms with E-state index in [1.54, 1.807) is 0 Å². The molecule has 28 heavy (non-hydrogen) atoms. The first-order valence-electron chi connectivity index (χ1n) is 8.08. The topological polar surface area (TPSA) is 98.9 Å². The van der Waals surface area contributed by atoms with Gasteiger partial charge in [0.1, 0.15) is 10.1 Å². The van der Waals surface area contributed by atoms with Gasteiger partial charge in [0.25, 0.3) is 0 Å². The number of rotatable bonds is 5. The Bertz CT molecular complexity index is 1000. The highest BCUT2D eigenvalue weighted by molar-refractivity contribution is 8.45. The minimum Gasteiger partial charge on any atom is -0.419 e. The third-order valence-electron chi connectivity index (χ3n) is 3.54. The summed E-state index contributed by atoms with van der Waals surface area (Å²) in [6, 6.07) is 13.9. The van der Waals surface area contributed by atoms with Gasteiger partial charge in [-0.3, -0.25) is 19.7 Å². The Kier molecular flexibility index (Phi) is 6.27. The van der Waals surface area contributed by atoms with Crippen LogP contribution in [0.1, 0.15) is 18.1 Å². The Hall–Kier alpha value is -2.91. The molecule has 0 N–H and O–H groups in total. The second-order valence-electron chi connectivity index (χ2n) is 5.65. The van der Waals surface area contributed by atoms with Crippen molar-refractivity contribution >= 4 is 50.7 Å². The summed E-state index contributed by atoms with van der Waals surface area (Å²) in [6.45, 7) is 1.16. The molecule has 1 aliphatic rings. The summed E-state index contributed by atoms with van der Waals surface area (Å²) in [5.41, 5.74) is 1.40. The second kappa shape index (κ2) is 8.85. The zero-order chi connectivity index (χ0) is 20.1. The lowest BCUT2D eigenvalue weighted by Crippen LogP contribution is -2.04. The molecule has 142 valence electrons. The van der Waals surface area contributed by atoms with E-state index in [2.05, 4.69) is 4.99 Å². The van der Waals surface area contributed by atoms with Gasteiger partial charge in [0, 0.05) is 18.7 Å².